The monoisotopic (exact) mass is 200 g/mol. The van der Waals surface area contributed by atoms with Crippen LogP contribution in [0.25, 0.3) is 0 Å². The first-order valence-corrected chi connectivity index (χ1v) is 4.95. The molecule has 0 atom stereocenters. The molecule has 0 aromatic heterocycles. The van der Waals surface area contributed by atoms with Crippen LogP contribution in [0.15, 0.2) is 29.2 Å². The Morgan fingerprint density at radius 2 is 1.62 bits per heavy atom. The Hall–Kier alpha value is -0.845. The van der Waals surface area contributed by atoms with E-state index < -0.39 is 9.84 Å². The van der Waals surface area contributed by atoms with E-state index in [1.165, 1.54) is 6.07 Å². The summed E-state index contributed by atoms with van der Waals surface area (Å²) in [6, 6.07) is 6.40. The molecule has 1 aromatic carbocycles. The maximum atomic E-state index is 11.0. The van der Waals surface area contributed by atoms with E-state index in [4.69, 9.17) is 7.85 Å². The molecule has 1 rings (SSSR count). The minimum Gasteiger partial charge on any atom is -0.870 e. The maximum absolute atomic E-state index is 11.0. The van der Waals surface area contributed by atoms with E-state index >= 15 is 0 Å². The first-order chi connectivity index (χ1) is 5.02. The van der Waals surface area contributed by atoms with Crippen molar-refractivity contribution in [1.29, 1.82) is 0 Å². The first kappa shape index (κ1) is 14.7. The molecule has 0 fully saturated rings. The number of sulfone groups is 1. The van der Waals surface area contributed by atoms with Gasteiger partial charge in [-0.15, -0.1) is 0 Å². The summed E-state index contributed by atoms with van der Waals surface area (Å²) < 4.78 is 21.9. The Bertz CT molecular complexity index is 361. The van der Waals surface area contributed by atoms with Gasteiger partial charge < -0.3 is 11.0 Å². The second kappa shape index (κ2) is 5.01. The fourth-order valence-corrected chi connectivity index (χ4v) is 1.64. The largest absolute Gasteiger partial charge is 0.870 e. The van der Waals surface area contributed by atoms with Crippen LogP contribution in [-0.2, 0) is 9.84 Å². The van der Waals surface area contributed by atoms with Gasteiger partial charge in [0.25, 0.3) is 0 Å². The molecule has 4 nitrogen and oxygen atoms in total. The third-order valence-corrected chi connectivity index (χ3v) is 2.49. The van der Waals surface area contributed by atoms with Crippen LogP contribution < -0.4 is 5.46 Å². The van der Waals surface area contributed by atoms with Gasteiger partial charge in [-0.05, 0) is 0 Å². The molecule has 0 radical (unpaired) electrons. The van der Waals surface area contributed by atoms with Crippen LogP contribution in [0, 0.1) is 0 Å². The smallest absolute Gasteiger partial charge is 0.870 e. The molecule has 70 valence electrons. The van der Waals surface area contributed by atoms with Crippen LogP contribution in [0.1, 0.15) is 0 Å². The van der Waals surface area contributed by atoms with Crippen molar-refractivity contribution in [3.05, 3.63) is 24.3 Å². The van der Waals surface area contributed by atoms with Crippen molar-refractivity contribution in [2.45, 2.75) is 4.90 Å². The van der Waals surface area contributed by atoms with Crippen molar-refractivity contribution < 1.29 is 19.4 Å². The van der Waals surface area contributed by atoms with Crippen molar-refractivity contribution in [1.82, 2.24) is 0 Å². The minimum atomic E-state index is -3.16. The van der Waals surface area contributed by atoms with Crippen LogP contribution in [0.4, 0.5) is 0 Å². The molecule has 0 bridgehead atoms. The van der Waals surface area contributed by atoms with E-state index in [0.717, 1.165) is 6.26 Å². The summed E-state index contributed by atoms with van der Waals surface area (Å²) in [5.74, 6) is 0. The molecule has 0 amide bonds. The Kier molecular flexibility index (Phi) is 5.65. The maximum Gasteiger partial charge on any atom is -0.870 e. The SMILES string of the molecule is [B+2]c1ccccc1S(C)(=O)=O.[OH-].[OH-]. The van der Waals surface area contributed by atoms with Crippen molar-refractivity contribution in [2.24, 2.45) is 0 Å². The zero-order valence-electron chi connectivity index (χ0n) is 7.01. The third-order valence-electron chi connectivity index (χ3n) is 1.32. The molecule has 0 aliphatic rings. The van der Waals surface area contributed by atoms with E-state index in [1.807, 2.05) is 0 Å². The second-order valence-corrected chi connectivity index (χ2v) is 4.29. The van der Waals surface area contributed by atoms with Crippen LogP contribution >= 0.6 is 0 Å². The predicted molar refractivity (Wildman–Crippen MR) is 48.8 cm³/mol. The Morgan fingerprint density at radius 1 is 1.15 bits per heavy atom. The zero-order valence-corrected chi connectivity index (χ0v) is 7.82. The molecule has 0 saturated carbocycles. The molecular formula is C7H9BO4S. The molecular weight excluding hydrogens is 191 g/mol. The molecule has 0 unspecified atom stereocenters. The van der Waals surface area contributed by atoms with Crippen LogP contribution in [0.3, 0.4) is 0 Å². The molecule has 1 aromatic rings. The van der Waals surface area contributed by atoms with Crippen LogP contribution in [-0.4, -0.2) is 33.5 Å². The normalized spacial score (nSPS) is 9.77. The van der Waals surface area contributed by atoms with E-state index in [9.17, 15) is 8.42 Å². The average molecular weight is 200 g/mol. The van der Waals surface area contributed by atoms with Gasteiger partial charge in [-0.2, -0.15) is 0 Å². The zero-order chi connectivity index (χ0) is 8.48. The average Bonchev–Trinajstić information content (AvgIpc) is 1.86. The first-order valence-electron chi connectivity index (χ1n) is 3.06. The Labute approximate surface area is 78.5 Å². The summed E-state index contributed by atoms with van der Waals surface area (Å²) in [6.07, 6.45) is 1.14. The number of benzene rings is 1. The predicted octanol–water partition coefficient (Wildman–Crippen LogP) is -0.470. The van der Waals surface area contributed by atoms with Gasteiger partial charge in [0.1, 0.15) is 0 Å². The van der Waals surface area contributed by atoms with Gasteiger partial charge in [0, 0.05) is 0 Å². The van der Waals surface area contributed by atoms with Crippen molar-refractivity contribution in [2.75, 3.05) is 6.26 Å². The van der Waals surface area contributed by atoms with Gasteiger partial charge in [0.05, 0.1) is 0 Å². The third kappa shape index (κ3) is 3.58. The number of rotatable bonds is 1. The van der Waals surface area contributed by atoms with E-state index in [0.29, 0.717) is 5.46 Å². The molecule has 0 aliphatic heterocycles. The quantitative estimate of drug-likeness (QED) is 0.572. The summed E-state index contributed by atoms with van der Waals surface area (Å²) in [4.78, 5) is 0.194. The summed E-state index contributed by atoms with van der Waals surface area (Å²) in [7, 11) is 2.27. The van der Waals surface area contributed by atoms with Crippen LogP contribution in [0.5, 0.6) is 0 Å². The van der Waals surface area contributed by atoms with Gasteiger partial charge in [0.2, 0.25) is 0 Å². The van der Waals surface area contributed by atoms with E-state index in [1.54, 1.807) is 18.2 Å². The summed E-state index contributed by atoms with van der Waals surface area (Å²) in [5, 5.41) is 0. The second-order valence-electron chi connectivity index (χ2n) is 2.31. The van der Waals surface area contributed by atoms with E-state index in [2.05, 4.69) is 0 Å². The van der Waals surface area contributed by atoms with Gasteiger partial charge in [-0.25, -0.2) is 0 Å². The molecule has 13 heavy (non-hydrogen) atoms. The fraction of sp³-hybridized carbons (Fsp3) is 0.143. The standard InChI is InChI=1S/C7H7BO2S.2H2O/c1-11(9,10)7-5-3-2-4-6(7)8;;/h2-5H,1H3;2*1H2/q+2;;/p-2. The number of hydrogen-bond donors (Lipinski definition) is 0. The Morgan fingerprint density at radius 3 is 1.92 bits per heavy atom. The van der Waals surface area contributed by atoms with Crippen molar-refractivity contribution in [3.63, 3.8) is 0 Å². The topological polar surface area (TPSA) is 94.1 Å². The molecule has 2 N–H and O–H groups in total. The minimum absolute atomic E-state index is 0. The van der Waals surface area contributed by atoms with Crippen molar-refractivity contribution in [3.8, 4) is 0 Å². The van der Waals surface area contributed by atoms with Gasteiger partial charge in [-0.1, -0.05) is 0 Å². The molecule has 0 saturated heterocycles. The van der Waals surface area contributed by atoms with Gasteiger partial charge >= 0.3 is 67.0 Å². The van der Waals surface area contributed by atoms with Gasteiger partial charge in [0.15, 0.2) is 0 Å². The fourth-order valence-electron chi connectivity index (χ4n) is 0.818. The summed E-state index contributed by atoms with van der Waals surface area (Å²) in [6.45, 7) is 0. The van der Waals surface area contributed by atoms with Gasteiger partial charge in [-0.3, -0.25) is 0 Å². The van der Waals surface area contributed by atoms with Crippen LogP contribution in [0.2, 0.25) is 0 Å². The summed E-state index contributed by atoms with van der Waals surface area (Å²) in [5.41, 5.74) is 0.301. The molecule has 0 spiro atoms. The summed E-state index contributed by atoms with van der Waals surface area (Å²) >= 11 is 0. The van der Waals surface area contributed by atoms with E-state index in [-0.39, 0.29) is 15.8 Å². The molecule has 0 heterocycles. The number of hydrogen-bond acceptors (Lipinski definition) is 4. The Balaban J connectivity index is 0. The van der Waals surface area contributed by atoms with Crippen molar-refractivity contribution >= 4 is 23.1 Å². The molecule has 6 heteroatoms. The molecule has 0 aliphatic carbocycles.